The van der Waals surface area contributed by atoms with Gasteiger partial charge in [-0.25, -0.2) is 13.8 Å². The molecule has 34 heavy (non-hydrogen) atoms. The summed E-state index contributed by atoms with van der Waals surface area (Å²) in [7, 11) is 1.43. The predicted molar refractivity (Wildman–Crippen MR) is 116 cm³/mol. The first-order valence-corrected chi connectivity index (χ1v) is 10.5. The highest BCUT2D eigenvalue weighted by molar-refractivity contribution is 6.06. The third-order valence-corrected chi connectivity index (χ3v) is 5.80. The monoisotopic (exact) mass is 483 g/mol. The molecular formula is C22H22F5N5O2. The molecule has 1 spiro atoms. The molecule has 0 atom stereocenters. The number of hydrogen-bond donors (Lipinski definition) is 2. The second-order valence-corrected chi connectivity index (χ2v) is 8.02. The van der Waals surface area contributed by atoms with Crippen LogP contribution in [0.5, 0.6) is 17.2 Å². The number of halogens is 5. The second-order valence-electron chi connectivity index (χ2n) is 8.02. The van der Waals surface area contributed by atoms with Crippen LogP contribution in [0.3, 0.4) is 0 Å². The van der Waals surface area contributed by atoms with Crippen LogP contribution in [0, 0.1) is 11.6 Å². The lowest BCUT2D eigenvalue weighted by Gasteiger charge is -2.45. The van der Waals surface area contributed by atoms with E-state index in [2.05, 4.69) is 9.98 Å². The SMILES string of the molecule is COc1ccc(Oc2c(F)cc(C(F)(F)F)cc2F)c(N2C(N)=NC(N)=NC23CCCCC3)c1. The Balaban J connectivity index is 1.82. The van der Waals surface area contributed by atoms with Crippen LogP contribution in [0.2, 0.25) is 0 Å². The summed E-state index contributed by atoms with van der Waals surface area (Å²) in [5, 5.41) is 0. The van der Waals surface area contributed by atoms with Gasteiger partial charge in [0.1, 0.15) is 11.4 Å². The fourth-order valence-corrected chi connectivity index (χ4v) is 4.29. The first kappa shape index (κ1) is 23.6. The highest BCUT2D eigenvalue weighted by atomic mass is 19.4. The standard InChI is InChI=1S/C22H22F5N5O2/c1-33-13-5-6-17(34-18-14(23)9-12(10-15(18)24)22(25,26)27)16(11-13)32-20(29)30-19(28)31-21(32)7-3-2-4-8-21/h5-6,9-11H,2-4,7-8H2,1H3,(H4,28,29,30,31). The molecule has 0 unspecified atom stereocenters. The zero-order valence-corrected chi connectivity index (χ0v) is 18.1. The smallest absolute Gasteiger partial charge is 0.416 e. The van der Waals surface area contributed by atoms with E-state index in [0.717, 1.165) is 19.3 Å². The van der Waals surface area contributed by atoms with E-state index < -0.39 is 34.8 Å². The maximum Gasteiger partial charge on any atom is 0.416 e. The normalized spacial score (nSPS) is 17.9. The minimum absolute atomic E-state index is 0.000780. The molecule has 1 saturated carbocycles. The van der Waals surface area contributed by atoms with Crippen molar-refractivity contribution >= 4 is 17.6 Å². The van der Waals surface area contributed by atoms with Crippen LogP contribution < -0.4 is 25.8 Å². The molecule has 1 fully saturated rings. The lowest BCUT2D eigenvalue weighted by molar-refractivity contribution is -0.138. The lowest BCUT2D eigenvalue weighted by Crippen LogP contribution is -2.58. The molecule has 0 aromatic heterocycles. The van der Waals surface area contributed by atoms with E-state index in [1.54, 1.807) is 4.90 Å². The Morgan fingerprint density at radius 2 is 1.65 bits per heavy atom. The van der Waals surface area contributed by atoms with Crippen LogP contribution in [0.25, 0.3) is 0 Å². The molecule has 2 aromatic carbocycles. The summed E-state index contributed by atoms with van der Waals surface area (Å²) in [5.74, 6) is -3.74. The first-order chi connectivity index (χ1) is 16.0. The largest absolute Gasteiger partial charge is 0.497 e. The topological polar surface area (TPSA) is 98.5 Å². The van der Waals surface area contributed by atoms with Crippen molar-refractivity contribution in [3.63, 3.8) is 0 Å². The Morgan fingerprint density at radius 3 is 2.24 bits per heavy atom. The van der Waals surface area contributed by atoms with E-state index in [-0.39, 0.29) is 35.5 Å². The van der Waals surface area contributed by atoms with Gasteiger partial charge in [-0.15, -0.1) is 0 Å². The van der Waals surface area contributed by atoms with E-state index >= 15 is 0 Å². The lowest BCUT2D eigenvalue weighted by atomic mass is 9.87. The van der Waals surface area contributed by atoms with Gasteiger partial charge in [-0.3, -0.25) is 4.90 Å². The van der Waals surface area contributed by atoms with Gasteiger partial charge in [0.25, 0.3) is 0 Å². The van der Waals surface area contributed by atoms with Crippen LogP contribution in [-0.2, 0) is 6.18 Å². The number of anilines is 1. The van der Waals surface area contributed by atoms with Crippen molar-refractivity contribution in [2.75, 3.05) is 12.0 Å². The van der Waals surface area contributed by atoms with E-state index in [9.17, 15) is 22.0 Å². The third-order valence-electron chi connectivity index (χ3n) is 5.80. The van der Waals surface area contributed by atoms with Crippen molar-refractivity contribution in [3.8, 4) is 17.2 Å². The van der Waals surface area contributed by atoms with E-state index in [4.69, 9.17) is 20.9 Å². The quantitative estimate of drug-likeness (QED) is 0.604. The number of benzene rings is 2. The van der Waals surface area contributed by atoms with Gasteiger partial charge in [-0.2, -0.15) is 18.2 Å². The van der Waals surface area contributed by atoms with Crippen LogP contribution in [-0.4, -0.2) is 24.7 Å². The molecule has 7 nitrogen and oxygen atoms in total. The molecule has 1 aliphatic heterocycles. The Labute approximate surface area is 191 Å². The molecule has 0 radical (unpaired) electrons. The highest BCUT2D eigenvalue weighted by Crippen LogP contribution is 2.45. The Kier molecular flexibility index (Phi) is 6.00. The van der Waals surface area contributed by atoms with Crippen molar-refractivity contribution in [2.45, 2.75) is 43.9 Å². The van der Waals surface area contributed by atoms with Crippen LogP contribution >= 0.6 is 0 Å². The maximum atomic E-state index is 14.5. The molecule has 0 saturated heterocycles. The summed E-state index contributed by atoms with van der Waals surface area (Å²) in [4.78, 5) is 10.2. The number of alkyl halides is 3. The average Bonchev–Trinajstić information content (AvgIpc) is 2.76. The van der Waals surface area contributed by atoms with Gasteiger partial charge >= 0.3 is 6.18 Å². The number of hydrogen-bond acceptors (Lipinski definition) is 7. The first-order valence-electron chi connectivity index (χ1n) is 10.5. The van der Waals surface area contributed by atoms with Gasteiger partial charge in [-0.1, -0.05) is 6.42 Å². The van der Waals surface area contributed by atoms with Gasteiger partial charge in [0.15, 0.2) is 23.1 Å². The molecule has 182 valence electrons. The van der Waals surface area contributed by atoms with Crippen LogP contribution in [0.4, 0.5) is 27.6 Å². The second kappa shape index (κ2) is 8.65. The zero-order valence-electron chi connectivity index (χ0n) is 18.1. The number of aliphatic imine (C=N–C) groups is 2. The number of nitrogens with two attached hydrogens (primary N) is 2. The Hall–Kier alpha value is -3.57. The van der Waals surface area contributed by atoms with Gasteiger partial charge in [-0.05, 0) is 49.9 Å². The van der Waals surface area contributed by atoms with E-state index in [0.29, 0.717) is 18.6 Å². The van der Waals surface area contributed by atoms with Crippen LogP contribution in [0.15, 0.2) is 40.3 Å². The summed E-state index contributed by atoms with van der Waals surface area (Å²) in [6.07, 6.45) is -1.15. The van der Waals surface area contributed by atoms with Crippen molar-refractivity contribution < 1.29 is 31.4 Å². The van der Waals surface area contributed by atoms with Crippen molar-refractivity contribution in [3.05, 3.63) is 47.5 Å². The van der Waals surface area contributed by atoms with Crippen molar-refractivity contribution in [2.24, 2.45) is 21.5 Å². The molecule has 0 bridgehead atoms. The minimum Gasteiger partial charge on any atom is -0.497 e. The average molecular weight is 483 g/mol. The summed E-state index contributed by atoms with van der Waals surface area (Å²) in [6, 6.07) is 4.71. The highest BCUT2D eigenvalue weighted by Gasteiger charge is 2.44. The summed E-state index contributed by atoms with van der Waals surface area (Å²) >= 11 is 0. The minimum atomic E-state index is -4.92. The molecule has 4 rings (SSSR count). The molecule has 4 N–H and O–H groups in total. The summed E-state index contributed by atoms with van der Waals surface area (Å²) in [6.45, 7) is 0. The Morgan fingerprint density at radius 1 is 1.00 bits per heavy atom. The maximum absolute atomic E-state index is 14.5. The predicted octanol–water partition coefficient (Wildman–Crippen LogP) is 4.89. The summed E-state index contributed by atoms with van der Waals surface area (Å²) < 4.78 is 78.6. The van der Waals surface area contributed by atoms with Gasteiger partial charge in [0.05, 0.1) is 18.4 Å². The molecule has 2 aliphatic rings. The number of nitrogens with zero attached hydrogens (tertiary/aromatic N) is 3. The number of methoxy groups -OCH3 is 1. The molecule has 1 aliphatic carbocycles. The fraction of sp³-hybridized carbons (Fsp3) is 0.364. The molecule has 0 amide bonds. The molecule has 2 aromatic rings. The molecule has 12 heteroatoms. The number of guanidine groups is 2. The molecular weight excluding hydrogens is 461 g/mol. The zero-order chi connectivity index (χ0) is 24.7. The van der Waals surface area contributed by atoms with Gasteiger partial charge in [0.2, 0.25) is 11.9 Å². The van der Waals surface area contributed by atoms with Crippen LogP contribution in [0.1, 0.15) is 37.7 Å². The summed E-state index contributed by atoms with van der Waals surface area (Å²) in [5.41, 5.74) is 9.96. The Bertz CT molecular complexity index is 1140. The third kappa shape index (κ3) is 4.31. The van der Waals surface area contributed by atoms with Crippen molar-refractivity contribution in [1.82, 2.24) is 0 Å². The number of ether oxygens (including phenoxy) is 2. The van der Waals surface area contributed by atoms with Gasteiger partial charge < -0.3 is 20.9 Å². The van der Waals surface area contributed by atoms with E-state index in [1.807, 2.05) is 0 Å². The van der Waals surface area contributed by atoms with Crippen molar-refractivity contribution in [1.29, 1.82) is 0 Å². The molecule has 1 heterocycles. The fourth-order valence-electron chi connectivity index (χ4n) is 4.29. The van der Waals surface area contributed by atoms with E-state index in [1.165, 1.54) is 25.3 Å². The number of rotatable bonds is 4. The van der Waals surface area contributed by atoms with Gasteiger partial charge in [0, 0.05) is 6.07 Å².